The largest absolute Gasteiger partial charge is 0.508 e. The van der Waals surface area contributed by atoms with E-state index in [-0.39, 0.29) is 17.5 Å². The average molecular weight is 529 g/mol. The highest BCUT2D eigenvalue weighted by Crippen LogP contribution is 2.34. The monoisotopic (exact) mass is 528 g/mol. The predicted molar refractivity (Wildman–Crippen MR) is 149 cm³/mol. The summed E-state index contributed by atoms with van der Waals surface area (Å²) < 4.78 is 21.8. The Labute approximate surface area is 227 Å². The van der Waals surface area contributed by atoms with E-state index in [1.54, 1.807) is 41.3 Å². The molecule has 1 aromatic heterocycles. The molecular weight excluding hydrogens is 495 g/mol. The number of aromatic nitrogens is 2. The number of imidazole rings is 1. The van der Waals surface area contributed by atoms with Gasteiger partial charge in [0, 0.05) is 37.4 Å². The summed E-state index contributed by atoms with van der Waals surface area (Å²) in [6, 6.07) is 21.2. The summed E-state index contributed by atoms with van der Waals surface area (Å²) in [5.74, 6) is 1.31. The van der Waals surface area contributed by atoms with E-state index >= 15 is 0 Å². The molecule has 1 amide bonds. The van der Waals surface area contributed by atoms with Gasteiger partial charge in [0.05, 0.1) is 6.54 Å². The number of aromatic hydroxyl groups is 1. The van der Waals surface area contributed by atoms with Crippen LogP contribution >= 0.6 is 0 Å². The number of carbonyl (C=O) groups excluding carboxylic acids is 1. The van der Waals surface area contributed by atoms with Gasteiger partial charge in [-0.1, -0.05) is 29.8 Å². The molecule has 202 valence electrons. The number of phenolic OH excluding ortho intramolecular Hbond substituents is 1. The van der Waals surface area contributed by atoms with Gasteiger partial charge in [0.15, 0.2) is 0 Å². The van der Waals surface area contributed by atoms with E-state index in [4.69, 9.17) is 9.72 Å². The number of phenols is 1. The summed E-state index contributed by atoms with van der Waals surface area (Å²) in [5, 5.41) is 13.2. The van der Waals surface area contributed by atoms with Crippen molar-refractivity contribution in [1.82, 2.24) is 14.5 Å². The number of amides is 1. The number of fused-ring (bicyclic) bond motifs is 1. The number of rotatable bonds is 8. The second kappa shape index (κ2) is 10.9. The van der Waals surface area contributed by atoms with Crippen molar-refractivity contribution < 1.29 is 19.0 Å². The summed E-state index contributed by atoms with van der Waals surface area (Å²) in [6.45, 7) is 7.49. The second-order valence-electron chi connectivity index (χ2n) is 10.1. The number of halogens is 1. The van der Waals surface area contributed by atoms with E-state index in [1.165, 1.54) is 12.1 Å². The van der Waals surface area contributed by atoms with Crippen LogP contribution in [0.15, 0.2) is 72.8 Å². The van der Waals surface area contributed by atoms with Crippen molar-refractivity contribution in [2.45, 2.75) is 45.9 Å². The van der Waals surface area contributed by atoms with E-state index in [2.05, 4.69) is 9.88 Å². The first-order valence-electron chi connectivity index (χ1n) is 13.2. The van der Waals surface area contributed by atoms with Crippen LogP contribution in [-0.2, 0) is 29.0 Å². The van der Waals surface area contributed by atoms with Gasteiger partial charge in [-0.3, -0.25) is 4.79 Å². The Hall–Kier alpha value is -4.17. The summed E-state index contributed by atoms with van der Waals surface area (Å²) in [7, 11) is 0. The molecule has 2 heterocycles. The fraction of sp³-hybridized carbons (Fsp3) is 0.290. The van der Waals surface area contributed by atoms with Crippen LogP contribution in [0.1, 0.15) is 30.8 Å². The molecule has 7 nitrogen and oxygen atoms in total. The van der Waals surface area contributed by atoms with Crippen LogP contribution in [-0.4, -0.2) is 44.2 Å². The standard InChI is InChI=1S/C31H33FN4O3/c1-4-39-31(3,19-22-7-15-26(37)16-8-22)30(38)35-17-18-36-27(20-35)34-28(23-9-11-24(32)12-10-23)29(36)33-25-13-5-21(2)6-14-25/h5-16,33,37H,4,17-20H2,1-3H3. The van der Waals surface area contributed by atoms with Crippen molar-refractivity contribution >= 4 is 17.4 Å². The van der Waals surface area contributed by atoms with Crippen LogP contribution in [0.25, 0.3) is 11.3 Å². The van der Waals surface area contributed by atoms with Crippen LogP contribution in [0.4, 0.5) is 15.9 Å². The highest BCUT2D eigenvalue weighted by Gasteiger charge is 2.39. The van der Waals surface area contributed by atoms with E-state index in [9.17, 15) is 14.3 Å². The zero-order valence-electron chi connectivity index (χ0n) is 22.4. The number of hydrogen-bond donors (Lipinski definition) is 2. The maximum atomic E-state index is 13.9. The SMILES string of the molecule is CCOC(C)(Cc1ccc(O)cc1)C(=O)N1CCn2c(nc(-c3ccc(F)cc3)c2Nc2ccc(C)cc2)C1. The molecule has 0 saturated heterocycles. The Morgan fingerprint density at radius 1 is 1.05 bits per heavy atom. The van der Waals surface area contributed by atoms with E-state index < -0.39 is 5.60 Å². The number of benzene rings is 3. The molecule has 4 aromatic rings. The molecule has 5 rings (SSSR count). The Bertz CT molecular complexity index is 1450. The van der Waals surface area contributed by atoms with Gasteiger partial charge >= 0.3 is 0 Å². The zero-order chi connectivity index (χ0) is 27.6. The van der Waals surface area contributed by atoms with Gasteiger partial charge in [-0.25, -0.2) is 9.37 Å². The molecule has 8 heteroatoms. The third kappa shape index (κ3) is 5.66. The van der Waals surface area contributed by atoms with Gasteiger partial charge in [0.25, 0.3) is 5.91 Å². The normalized spacial score (nSPS) is 14.5. The first-order valence-corrected chi connectivity index (χ1v) is 13.2. The predicted octanol–water partition coefficient (Wildman–Crippen LogP) is 5.83. The third-order valence-corrected chi connectivity index (χ3v) is 7.08. The molecule has 1 atom stereocenters. The Balaban J connectivity index is 1.45. The number of anilines is 2. The molecule has 0 saturated carbocycles. The van der Waals surface area contributed by atoms with Crippen molar-refractivity contribution in [2.24, 2.45) is 0 Å². The minimum Gasteiger partial charge on any atom is -0.508 e. The highest BCUT2D eigenvalue weighted by atomic mass is 19.1. The maximum absolute atomic E-state index is 13.9. The molecule has 0 spiro atoms. The Kier molecular flexibility index (Phi) is 7.39. The molecule has 39 heavy (non-hydrogen) atoms. The van der Waals surface area contributed by atoms with Gasteiger partial charge in [0.1, 0.15) is 34.5 Å². The van der Waals surface area contributed by atoms with Gasteiger partial charge < -0.3 is 24.6 Å². The molecule has 3 aromatic carbocycles. The number of carbonyl (C=O) groups is 1. The summed E-state index contributed by atoms with van der Waals surface area (Å²) >= 11 is 0. The summed E-state index contributed by atoms with van der Waals surface area (Å²) in [6.07, 6.45) is 0.381. The van der Waals surface area contributed by atoms with Crippen molar-refractivity contribution in [3.05, 3.63) is 95.6 Å². The molecule has 2 N–H and O–H groups in total. The number of nitrogens with one attached hydrogen (secondary N) is 1. The number of ether oxygens (including phenoxy) is 1. The number of aryl methyl sites for hydroxylation is 1. The average Bonchev–Trinajstić information content (AvgIpc) is 3.28. The fourth-order valence-corrected chi connectivity index (χ4v) is 5.06. The van der Waals surface area contributed by atoms with Crippen LogP contribution in [0, 0.1) is 12.7 Å². The van der Waals surface area contributed by atoms with E-state index in [0.717, 1.165) is 34.0 Å². The number of hydrogen-bond acceptors (Lipinski definition) is 5. The number of nitrogens with zero attached hydrogens (tertiary/aromatic N) is 3. The quantitative estimate of drug-likeness (QED) is 0.301. The van der Waals surface area contributed by atoms with Gasteiger partial charge in [-0.05, 0) is 74.9 Å². The highest BCUT2D eigenvalue weighted by molar-refractivity contribution is 5.85. The minimum atomic E-state index is -1.07. The first-order chi connectivity index (χ1) is 18.8. The van der Waals surface area contributed by atoms with Gasteiger partial charge in [-0.15, -0.1) is 0 Å². The molecule has 0 bridgehead atoms. The molecule has 1 aliphatic rings. The molecule has 1 unspecified atom stereocenters. The fourth-order valence-electron chi connectivity index (χ4n) is 5.06. The molecule has 0 fully saturated rings. The van der Waals surface area contributed by atoms with Crippen molar-refractivity contribution in [3.8, 4) is 17.0 Å². The minimum absolute atomic E-state index is 0.108. The molecule has 1 aliphatic heterocycles. The topological polar surface area (TPSA) is 79.6 Å². The Morgan fingerprint density at radius 3 is 2.41 bits per heavy atom. The maximum Gasteiger partial charge on any atom is 0.255 e. The molecule has 0 aliphatic carbocycles. The van der Waals surface area contributed by atoms with Crippen molar-refractivity contribution in [1.29, 1.82) is 0 Å². The van der Waals surface area contributed by atoms with Crippen LogP contribution in [0.2, 0.25) is 0 Å². The lowest BCUT2D eigenvalue weighted by Crippen LogP contribution is -2.52. The van der Waals surface area contributed by atoms with E-state index in [0.29, 0.717) is 38.4 Å². The van der Waals surface area contributed by atoms with Crippen molar-refractivity contribution in [2.75, 3.05) is 18.5 Å². The zero-order valence-corrected chi connectivity index (χ0v) is 22.4. The van der Waals surface area contributed by atoms with Crippen molar-refractivity contribution in [3.63, 3.8) is 0 Å². The summed E-state index contributed by atoms with van der Waals surface area (Å²) in [4.78, 5) is 20.6. The smallest absolute Gasteiger partial charge is 0.255 e. The van der Waals surface area contributed by atoms with Crippen LogP contribution in [0.3, 0.4) is 0 Å². The van der Waals surface area contributed by atoms with Crippen LogP contribution < -0.4 is 5.32 Å². The van der Waals surface area contributed by atoms with E-state index in [1.807, 2.05) is 45.0 Å². The lowest BCUT2D eigenvalue weighted by atomic mass is 9.94. The molecule has 0 radical (unpaired) electrons. The second-order valence-corrected chi connectivity index (χ2v) is 10.1. The van der Waals surface area contributed by atoms with Crippen LogP contribution in [0.5, 0.6) is 5.75 Å². The Morgan fingerprint density at radius 2 is 1.74 bits per heavy atom. The first kappa shape index (κ1) is 26.4. The van der Waals surface area contributed by atoms with Gasteiger partial charge in [-0.2, -0.15) is 0 Å². The summed E-state index contributed by atoms with van der Waals surface area (Å²) in [5.41, 5.74) is 3.41. The molecular formula is C31H33FN4O3. The van der Waals surface area contributed by atoms with Gasteiger partial charge in [0.2, 0.25) is 0 Å². The third-order valence-electron chi connectivity index (χ3n) is 7.08. The lowest BCUT2D eigenvalue weighted by molar-refractivity contribution is -0.157. The lowest BCUT2D eigenvalue weighted by Gasteiger charge is -2.36.